The molecule has 6 heteroatoms. The van der Waals surface area contributed by atoms with Crippen LogP contribution in [0.15, 0.2) is 5.38 Å². The molecule has 21 heavy (non-hydrogen) atoms. The van der Waals surface area contributed by atoms with Gasteiger partial charge in [0.2, 0.25) is 5.91 Å². The van der Waals surface area contributed by atoms with Crippen LogP contribution in [0.2, 0.25) is 0 Å². The van der Waals surface area contributed by atoms with Gasteiger partial charge in [0.25, 0.3) is 0 Å². The summed E-state index contributed by atoms with van der Waals surface area (Å²) in [7, 11) is 0. The smallest absolute Gasteiger partial charge is 0.225 e. The molecule has 0 aliphatic rings. The maximum atomic E-state index is 11.5. The fourth-order valence-corrected chi connectivity index (χ4v) is 2.71. The summed E-state index contributed by atoms with van der Waals surface area (Å²) in [6.07, 6.45) is 1.10. The van der Waals surface area contributed by atoms with E-state index >= 15 is 0 Å². The lowest BCUT2D eigenvalue weighted by Crippen LogP contribution is -2.27. The Bertz CT molecular complexity index is 421. The predicted octanol–water partition coefficient (Wildman–Crippen LogP) is 2.67. The Labute approximate surface area is 131 Å². The van der Waals surface area contributed by atoms with Gasteiger partial charge in [-0.3, -0.25) is 9.69 Å². The molecule has 120 valence electrons. The zero-order valence-electron chi connectivity index (χ0n) is 13.5. The van der Waals surface area contributed by atoms with Gasteiger partial charge < -0.3 is 10.1 Å². The number of hydrogen-bond donors (Lipinski definition) is 1. The molecule has 0 atom stereocenters. The first-order valence-electron chi connectivity index (χ1n) is 7.55. The zero-order chi connectivity index (χ0) is 15.7. The van der Waals surface area contributed by atoms with Crippen molar-refractivity contribution in [2.45, 2.75) is 40.7 Å². The summed E-state index contributed by atoms with van der Waals surface area (Å²) >= 11 is 1.51. The molecule has 0 radical (unpaired) electrons. The Hall–Kier alpha value is -0.980. The Balaban J connectivity index is 2.21. The third-order valence-electron chi connectivity index (χ3n) is 3.04. The van der Waals surface area contributed by atoms with Gasteiger partial charge in [0, 0.05) is 38.5 Å². The first-order valence-corrected chi connectivity index (χ1v) is 8.43. The number of carbonyl (C=O) groups excluding carboxylic acids is 1. The second-order valence-electron chi connectivity index (χ2n) is 5.36. The second kappa shape index (κ2) is 9.87. The van der Waals surface area contributed by atoms with Crippen LogP contribution in [-0.4, -0.2) is 37.2 Å². The highest BCUT2D eigenvalue weighted by molar-refractivity contribution is 7.14. The lowest BCUT2D eigenvalue weighted by molar-refractivity contribution is -0.116. The minimum absolute atomic E-state index is 0.0323. The molecule has 0 aliphatic heterocycles. The van der Waals surface area contributed by atoms with E-state index in [-0.39, 0.29) is 5.91 Å². The van der Waals surface area contributed by atoms with Gasteiger partial charge in [0.05, 0.1) is 12.3 Å². The molecule has 0 aromatic carbocycles. The molecular formula is C15H27N3O2S. The van der Waals surface area contributed by atoms with Crippen molar-refractivity contribution in [2.75, 3.05) is 31.2 Å². The summed E-state index contributed by atoms with van der Waals surface area (Å²) < 4.78 is 5.54. The van der Waals surface area contributed by atoms with Crippen LogP contribution < -0.4 is 10.2 Å². The Morgan fingerprint density at radius 3 is 2.86 bits per heavy atom. The van der Waals surface area contributed by atoms with E-state index in [1.54, 1.807) is 11.8 Å². The maximum absolute atomic E-state index is 11.5. The Kier molecular flexibility index (Phi) is 8.49. The van der Waals surface area contributed by atoms with E-state index in [9.17, 15) is 4.79 Å². The molecule has 5 nitrogen and oxygen atoms in total. The molecule has 0 spiro atoms. The van der Waals surface area contributed by atoms with Gasteiger partial charge in [-0.05, 0) is 19.3 Å². The number of amides is 1. The number of rotatable bonds is 10. The van der Waals surface area contributed by atoms with Gasteiger partial charge >= 0.3 is 0 Å². The number of ether oxygens (including phenoxy) is 1. The number of nitrogens with one attached hydrogen (secondary N) is 1. The summed E-state index contributed by atoms with van der Waals surface area (Å²) in [5, 5.41) is 6.07. The number of nitrogens with zero attached hydrogens (tertiary/aromatic N) is 2. The van der Waals surface area contributed by atoms with E-state index < -0.39 is 0 Å². The van der Waals surface area contributed by atoms with Crippen molar-refractivity contribution in [1.82, 2.24) is 10.3 Å². The number of aromatic nitrogens is 1. The van der Waals surface area contributed by atoms with Crippen LogP contribution in [-0.2, 0) is 16.1 Å². The lowest BCUT2D eigenvalue weighted by Gasteiger charge is -2.14. The highest BCUT2D eigenvalue weighted by atomic mass is 32.1. The molecule has 1 amide bonds. The molecule has 1 aromatic rings. The molecular weight excluding hydrogens is 286 g/mol. The largest absolute Gasteiger partial charge is 0.380 e. The highest BCUT2D eigenvalue weighted by Crippen LogP contribution is 2.20. The summed E-state index contributed by atoms with van der Waals surface area (Å²) in [5.41, 5.74) is 0.969. The minimum Gasteiger partial charge on any atom is -0.380 e. The summed E-state index contributed by atoms with van der Waals surface area (Å²) in [6, 6.07) is 0. The van der Waals surface area contributed by atoms with Crippen LogP contribution in [0, 0.1) is 5.92 Å². The average Bonchev–Trinajstić information content (AvgIpc) is 2.86. The second-order valence-corrected chi connectivity index (χ2v) is 6.19. The molecule has 0 aliphatic carbocycles. The monoisotopic (exact) mass is 313 g/mol. The first-order chi connectivity index (χ1) is 10.0. The molecule has 0 fully saturated rings. The van der Waals surface area contributed by atoms with Crippen molar-refractivity contribution < 1.29 is 9.53 Å². The predicted molar refractivity (Wildman–Crippen MR) is 87.8 cm³/mol. The average molecular weight is 313 g/mol. The van der Waals surface area contributed by atoms with E-state index in [0.29, 0.717) is 19.0 Å². The van der Waals surface area contributed by atoms with Crippen molar-refractivity contribution in [1.29, 1.82) is 0 Å². The van der Waals surface area contributed by atoms with Gasteiger partial charge in [-0.25, -0.2) is 4.98 Å². The third-order valence-corrected chi connectivity index (χ3v) is 3.95. The van der Waals surface area contributed by atoms with Gasteiger partial charge in [0.15, 0.2) is 5.13 Å². The first kappa shape index (κ1) is 18.1. The van der Waals surface area contributed by atoms with Gasteiger partial charge in [-0.2, -0.15) is 0 Å². The van der Waals surface area contributed by atoms with E-state index in [1.165, 1.54) is 11.3 Å². The third kappa shape index (κ3) is 7.02. The standard InChI is InChI=1S/C15H27N3O2S/c1-5-18(13(4)19)15-17-14(11-21-15)10-16-7-9-20-8-6-12(2)3/h11-12,16H,5-10H2,1-4H3. The van der Waals surface area contributed by atoms with Gasteiger partial charge in [-0.1, -0.05) is 13.8 Å². The topological polar surface area (TPSA) is 54.5 Å². The lowest BCUT2D eigenvalue weighted by atomic mass is 10.1. The summed E-state index contributed by atoms with van der Waals surface area (Å²) in [5.74, 6) is 0.721. The van der Waals surface area contributed by atoms with E-state index in [4.69, 9.17) is 4.74 Å². The fourth-order valence-electron chi connectivity index (χ4n) is 1.78. The molecule has 0 saturated carbocycles. The molecule has 0 saturated heterocycles. The van der Waals surface area contributed by atoms with Crippen LogP contribution in [0.3, 0.4) is 0 Å². The number of anilines is 1. The van der Waals surface area contributed by atoms with E-state index in [2.05, 4.69) is 24.1 Å². The van der Waals surface area contributed by atoms with Crippen molar-refractivity contribution in [3.05, 3.63) is 11.1 Å². The molecule has 1 rings (SSSR count). The molecule has 0 bridgehead atoms. The molecule has 1 aromatic heterocycles. The number of carbonyl (C=O) groups is 1. The molecule has 1 heterocycles. The Morgan fingerprint density at radius 2 is 2.24 bits per heavy atom. The van der Waals surface area contributed by atoms with Crippen molar-refractivity contribution in [3.8, 4) is 0 Å². The minimum atomic E-state index is 0.0323. The van der Waals surface area contributed by atoms with Crippen LogP contribution >= 0.6 is 11.3 Å². The SMILES string of the molecule is CCN(C(C)=O)c1nc(CNCCOCCC(C)C)cs1. The fraction of sp³-hybridized carbons (Fsp3) is 0.733. The summed E-state index contributed by atoms with van der Waals surface area (Å²) in [6.45, 7) is 11.6. The number of thiazole rings is 1. The van der Waals surface area contributed by atoms with E-state index in [0.717, 1.165) is 37.0 Å². The van der Waals surface area contributed by atoms with Crippen molar-refractivity contribution >= 4 is 22.4 Å². The number of hydrogen-bond acceptors (Lipinski definition) is 5. The van der Waals surface area contributed by atoms with Crippen molar-refractivity contribution in [3.63, 3.8) is 0 Å². The zero-order valence-corrected chi connectivity index (χ0v) is 14.3. The van der Waals surface area contributed by atoms with E-state index in [1.807, 2.05) is 12.3 Å². The normalized spacial score (nSPS) is 11.1. The van der Waals surface area contributed by atoms with Crippen molar-refractivity contribution in [2.24, 2.45) is 5.92 Å². The molecule has 1 N–H and O–H groups in total. The highest BCUT2D eigenvalue weighted by Gasteiger charge is 2.12. The van der Waals surface area contributed by atoms with Gasteiger partial charge in [0.1, 0.15) is 0 Å². The van der Waals surface area contributed by atoms with Crippen LogP contribution in [0.5, 0.6) is 0 Å². The molecule has 0 unspecified atom stereocenters. The van der Waals surface area contributed by atoms with Crippen LogP contribution in [0.25, 0.3) is 0 Å². The van der Waals surface area contributed by atoms with Crippen LogP contribution in [0.1, 0.15) is 39.8 Å². The quantitative estimate of drug-likeness (QED) is 0.675. The van der Waals surface area contributed by atoms with Gasteiger partial charge in [-0.15, -0.1) is 11.3 Å². The summed E-state index contributed by atoms with van der Waals surface area (Å²) in [4.78, 5) is 17.6. The maximum Gasteiger partial charge on any atom is 0.225 e. The van der Waals surface area contributed by atoms with Crippen LogP contribution in [0.4, 0.5) is 5.13 Å². The Morgan fingerprint density at radius 1 is 1.48 bits per heavy atom.